The van der Waals surface area contributed by atoms with Gasteiger partial charge in [0.2, 0.25) is 11.8 Å². The number of ether oxygens (including phenoxy) is 1. The molecule has 0 bridgehead atoms. The topological polar surface area (TPSA) is 71.5 Å². The van der Waals surface area contributed by atoms with Crippen LogP contribution in [-0.4, -0.2) is 18.3 Å². The van der Waals surface area contributed by atoms with Crippen LogP contribution in [0.4, 0.5) is 13.2 Å². The SMILES string of the molecule is CC1=C(OC(=N)/C=C(/C)N)N=CC(C)(C(F)(F)F)C1. The minimum absolute atomic E-state index is 0.0178. The van der Waals surface area contributed by atoms with E-state index in [9.17, 15) is 13.2 Å². The van der Waals surface area contributed by atoms with E-state index in [0.717, 1.165) is 13.1 Å². The molecule has 4 nitrogen and oxygen atoms in total. The summed E-state index contributed by atoms with van der Waals surface area (Å²) in [5.74, 6) is -0.244. The fourth-order valence-corrected chi connectivity index (χ4v) is 1.61. The number of nitrogens with zero attached hydrogens (tertiary/aromatic N) is 1. The summed E-state index contributed by atoms with van der Waals surface area (Å²) >= 11 is 0. The molecule has 7 heteroatoms. The summed E-state index contributed by atoms with van der Waals surface area (Å²) in [4.78, 5) is 3.68. The average Bonchev–Trinajstić information content (AvgIpc) is 2.19. The van der Waals surface area contributed by atoms with Gasteiger partial charge in [-0.1, -0.05) is 0 Å². The van der Waals surface area contributed by atoms with Gasteiger partial charge in [-0.15, -0.1) is 0 Å². The lowest BCUT2D eigenvalue weighted by Gasteiger charge is -2.31. The van der Waals surface area contributed by atoms with Crippen molar-refractivity contribution in [2.24, 2.45) is 16.1 Å². The number of aliphatic imine (C=N–C) groups is 1. The first-order valence-electron chi connectivity index (χ1n) is 5.57. The highest BCUT2D eigenvalue weighted by molar-refractivity contribution is 5.86. The Hall–Kier alpha value is -1.79. The molecule has 0 aliphatic carbocycles. The van der Waals surface area contributed by atoms with E-state index in [1.165, 1.54) is 13.0 Å². The van der Waals surface area contributed by atoms with Crippen LogP contribution in [0.3, 0.4) is 0 Å². The summed E-state index contributed by atoms with van der Waals surface area (Å²) in [5, 5.41) is 7.46. The Morgan fingerprint density at radius 1 is 1.58 bits per heavy atom. The quantitative estimate of drug-likeness (QED) is 0.600. The fraction of sp³-hybridized carbons (Fsp3) is 0.500. The van der Waals surface area contributed by atoms with Crippen molar-refractivity contribution in [3.63, 3.8) is 0 Å². The smallest absolute Gasteiger partial charge is 0.399 e. The maximum Gasteiger partial charge on any atom is 0.399 e. The van der Waals surface area contributed by atoms with E-state index in [2.05, 4.69) is 4.99 Å². The van der Waals surface area contributed by atoms with Crippen molar-refractivity contribution >= 4 is 12.1 Å². The molecular weight excluding hydrogens is 259 g/mol. The molecule has 0 radical (unpaired) electrons. The van der Waals surface area contributed by atoms with Gasteiger partial charge in [-0.05, 0) is 32.8 Å². The largest absolute Gasteiger partial charge is 0.421 e. The van der Waals surface area contributed by atoms with Gasteiger partial charge >= 0.3 is 6.18 Å². The zero-order valence-corrected chi connectivity index (χ0v) is 10.9. The number of rotatable bonds is 2. The Kier molecular flexibility index (Phi) is 4.07. The molecule has 3 N–H and O–H groups in total. The molecular formula is C12H16F3N3O. The predicted molar refractivity (Wildman–Crippen MR) is 66.7 cm³/mol. The van der Waals surface area contributed by atoms with E-state index in [-0.39, 0.29) is 18.2 Å². The maximum absolute atomic E-state index is 12.8. The van der Waals surface area contributed by atoms with Crippen molar-refractivity contribution in [1.82, 2.24) is 0 Å². The molecule has 1 atom stereocenters. The first kappa shape index (κ1) is 15.3. The highest BCUT2D eigenvalue weighted by Crippen LogP contribution is 2.44. The summed E-state index contributed by atoms with van der Waals surface area (Å²) in [6.07, 6.45) is -2.53. The molecule has 1 unspecified atom stereocenters. The number of hydrogen-bond donors (Lipinski definition) is 2. The van der Waals surface area contributed by atoms with Gasteiger partial charge in [-0.2, -0.15) is 13.2 Å². The standard InChI is InChI=1S/C12H16F3N3O/c1-7-5-11(3,12(13,14)15)6-18-10(7)19-9(17)4-8(2)16/h4,6,17H,5,16H2,1-3H3/b8-4-,17-9?. The number of halogens is 3. The number of nitrogens with two attached hydrogens (primary N) is 1. The molecule has 19 heavy (non-hydrogen) atoms. The first-order valence-corrected chi connectivity index (χ1v) is 5.57. The summed E-state index contributed by atoms with van der Waals surface area (Å²) in [6, 6.07) is 0. The lowest BCUT2D eigenvalue weighted by atomic mass is 9.83. The van der Waals surface area contributed by atoms with Gasteiger partial charge in [0, 0.05) is 18.0 Å². The second-order valence-electron chi connectivity index (χ2n) is 4.79. The lowest BCUT2D eigenvalue weighted by Crippen LogP contribution is -2.38. The third-order valence-corrected chi connectivity index (χ3v) is 2.68. The predicted octanol–water partition coefficient (Wildman–Crippen LogP) is 3.12. The van der Waals surface area contributed by atoms with Crippen LogP contribution < -0.4 is 5.73 Å². The van der Waals surface area contributed by atoms with Crippen LogP contribution in [0.5, 0.6) is 0 Å². The van der Waals surface area contributed by atoms with E-state index in [0.29, 0.717) is 11.3 Å². The molecule has 106 valence electrons. The molecule has 0 spiro atoms. The number of hydrogen-bond acceptors (Lipinski definition) is 4. The third-order valence-electron chi connectivity index (χ3n) is 2.68. The van der Waals surface area contributed by atoms with Crippen LogP contribution in [0, 0.1) is 10.8 Å². The van der Waals surface area contributed by atoms with Crippen molar-refractivity contribution in [3.05, 3.63) is 23.2 Å². The Labute approximate surface area is 109 Å². The molecule has 0 saturated carbocycles. The zero-order valence-electron chi connectivity index (χ0n) is 10.9. The second kappa shape index (κ2) is 5.07. The Morgan fingerprint density at radius 3 is 2.58 bits per heavy atom. The van der Waals surface area contributed by atoms with E-state index in [4.69, 9.17) is 15.9 Å². The van der Waals surface area contributed by atoms with Gasteiger partial charge in [0.1, 0.15) is 5.41 Å². The molecule has 0 aromatic rings. The average molecular weight is 275 g/mol. The minimum Gasteiger partial charge on any atom is -0.421 e. The molecule has 0 amide bonds. The lowest BCUT2D eigenvalue weighted by molar-refractivity contribution is -0.190. The van der Waals surface area contributed by atoms with Crippen LogP contribution in [-0.2, 0) is 4.74 Å². The first-order chi connectivity index (χ1) is 8.55. The molecule has 0 fully saturated rings. The van der Waals surface area contributed by atoms with Gasteiger partial charge in [-0.25, -0.2) is 4.99 Å². The Bertz CT molecular complexity index is 473. The summed E-state index contributed by atoms with van der Waals surface area (Å²) in [7, 11) is 0. The Morgan fingerprint density at radius 2 is 2.16 bits per heavy atom. The molecule has 1 rings (SSSR count). The Balaban J connectivity index is 2.87. The summed E-state index contributed by atoms with van der Waals surface area (Å²) < 4.78 is 43.6. The normalized spacial score (nSPS) is 24.6. The van der Waals surface area contributed by atoms with Crippen molar-refractivity contribution < 1.29 is 17.9 Å². The van der Waals surface area contributed by atoms with Gasteiger partial charge in [0.05, 0.1) is 0 Å². The van der Waals surface area contributed by atoms with Crippen LogP contribution >= 0.6 is 0 Å². The highest BCUT2D eigenvalue weighted by atomic mass is 19.4. The van der Waals surface area contributed by atoms with Gasteiger partial charge in [0.25, 0.3) is 0 Å². The molecule has 0 aromatic carbocycles. The van der Waals surface area contributed by atoms with Crippen LogP contribution in [0.15, 0.2) is 28.2 Å². The van der Waals surface area contributed by atoms with Crippen LogP contribution in [0.1, 0.15) is 27.2 Å². The van der Waals surface area contributed by atoms with Crippen LogP contribution in [0.25, 0.3) is 0 Å². The molecule has 1 aliphatic heterocycles. The molecule has 1 heterocycles. The van der Waals surface area contributed by atoms with E-state index < -0.39 is 11.6 Å². The third kappa shape index (κ3) is 3.59. The second-order valence-corrected chi connectivity index (χ2v) is 4.79. The molecule has 0 aromatic heterocycles. The van der Waals surface area contributed by atoms with Crippen molar-refractivity contribution in [1.29, 1.82) is 5.41 Å². The number of alkyl halides is 3. The van der Waals surface area contributed by atoms with E-state index in [1.807, 2.05) is 0 Å². The number of allylic oxidation sites excluding steroid dienone is 2. The van der Waals surface area contributed by atoms with Crippen molar-refractivity contribution in [2.75, 3.05) is 0 Å². The monoisotopic (exact) mass is 275 g/mol. The fourth-order valence-electron chi connectivity index (χ4n) is 1.61. The summed E-state index contributed by atoms with van der Waals surface area (Å²) in [5.41, 5.74) is 4.08. The zero-order chi connectivity index (χ0) is 14.8. The highest BCUT2D eigenvalue weighted by Gasteiger charge is 2.51. The maximum atomic E-state index is 12.8. The van der Waals surface area contributed by atoms with Gasteiger partial charge < -0.3 is 10.5 Å². The van der Waals surface area contributed by atoms with Gasteiger partial charge in [0.15, 0.2) is 0 Å². The molecule has 0 saturated heterocycles. The van der Waals surface area contributed by atoms with E-state index >= 15 is 0 Å². The van der Waals surface area contributed by atoms with Gasteiger partial charge in [-0.3, -0.25) is 5.41 Å². The minimum atomic E-state index is -4.37. The van der Waals surface area contributed by atoms with E-state index in [1.54, 1.807) is 6.92 Å². The van der Waals surface area contributed by atoms with Crippen LogP contribution in [0.2, 0.25) is 0 Å². The van der Waals surface area contributed by atoms with Crippen molar-refractivity contribution in [2.45, 2.75) is 33.4 Å². The summed E-state index contributed by atoms with van der Waals surface area (Å²) in [6.45, 7) is 4.15. The molecule has 1 aliphatic rings. The van der Waals surface area contributed by atoms with Crippen molar-refractivity contribution in [3.8, 4) is 0 Å². The number of nitrogens with one attached hydrogen (secondary N) is 1.